The maximum Gasteiger partial charge on any atom is 0.414 e. The molecule has 1 aliphatic carbocycles. The molecule has 2 aliphatic heterocycles. The van der Waals surface area contributed by atoms with E-state index in [1.807, 2.05) is 4.90 Å². The molecule has 2 amide bonds. The summed E-state index contributed by atoms with van der Waals surface area (Å²) in [7, 11) is 0. The monoisotopic (exact) mass is 386 g/mol. The number of hydrogen-bond donors (Lipinski definition) is 1. The lowest BCUT2D eigenvalue weighted by Gasteiger charge is -2.34. The molecule has 2 atom stereocenters. The topological polar surface area (TPSA) is 85.7 Å². The number of nitrogens with one attached hydrogen (secondary N) is 1. The first-order valence-electron chi connectivity index (χ1n) is 9.58. The van der Waals surface area contributed by atoms with Crippen molar-refractivity contribution in [3.63, 3.8) is 0 Å². The maximum atomic E-state index is 14.8. The van der Waals surface area contributed by atoms with Crippen LogP contribution in [0.3, 0.4) is 0 Å². The smallest absolute Gasteiger partial charge is 0.414 e. The highest BCUT2D eigenvalue weighted by Gasteiger charge is 2.55. The van der Waals surface area contributed by atoms with E-state index in [2.05, 4.69) is 11.4 Å². The molecule has 3 aliphatic rings. The number of halogens is 1. The van der Waals surface area contributed by atoms with Crippen molar-refractivity contribution in [1.29, 1.82) is 5.26 Å². The normalized spacial score (nSPS) is 25.4. The van der Waals surface area contributed by atoms with Crippen molar-refractivity contribution in [3.05, 3.63) is 24.0 Å². The molecule has 4 rings (SSSR count). The number of ether oxygens (including phenoxy) is 1. The number of hydrogen-bond acceptors (Lipinski definition) is 5. The second-order valence-corrected chi connectivity index (χ2v) is 7.92. The van der Waals surface area contributed by atoms with Gasteiger partial charge in [0.1, 0.15) is 11.9 Å². The first-order valence-corrected chi connectivity index (χ1v) is 9.58. The van der Waals surface area contributed by atoms with E-state index in [0.29, 0.717) is 11.4 Å². The number of piperidine rings is 1. The third kappa shape index (κ3) is 3.37. The molecule has 1 N–H and O–H groups in total. The van der Waals surface area contributed by atoms with Gasteiger partial charge in [0.25, 0.3) is 0 Å². The minimum Gasteiger partial charge on any atom is -0.442 e. The second-order valence-electron chi connectivity index (χ2n) is 7.92. The van der Waals surface area contributed by atoms with Gasteiger partial charge in [-0.2, -0.15) is 5.26 Å². The summed E-state index contributed by atoms with van der Waals surface area (Å²) in [5.74, 6) is -0.409. The van der Waals surface area contributed by atoms with Crippen LogP contribution < -0.4 is 15.1 Å². The molecule has 0 unspecified atom stereocenters. The molecule has 2 saturated heterocycles. The Morgan fingerprint density at radius 3 is 2.79 bits per heavy atom. The summed E-state index contributed by atoms with van der Waals surface area (Å²) in [6, 6.07) is 7.14. The molecule has 1 saturated carbocycles. The van der Waals surface area contributed by atoms with Gasteiger partial charge in [0.15, 0.2) is 0 Å². The summed E-state index contributed by atoms with van der Waals surface area (Å²) in [6.07, 6.45) is 1.80. The zero-order valence-corrected chi connectivity index (χ0v) is 15.8. The van der Waals surface area contributed by atoms with Crippen LogP contribution in [0.15, 0.2) is 18.2 Å². The Bertz CT molecular complexity index is 844. The van der Waals surface area contributed by atoms with Gasteiger partial charge in [-0.3, -0.25) is 9.69 Å². The zero-order chi connectivity index (χ0) is 19.9. The third-order valence-corrected chi connectivity index (χ3v) is 6.14. The minimum absolute atomic E-state index is 0.157. The molecule has 2 heterocycles. The van der Waals surface area contributed by atoms with Gasteiger partial charge in [-0.1, -0.05) is 0 Å². The molecule has 1 spiro atoms. The summed E-state index contributed by atoms with van der Waals surface area (Å²) in [5, 5.41) is 11.7. The predicted molar refractivity (Wildman–Crippen MR) is 100 cm³/mol. The maximum absolute atomic E-state index is 14.8. The van der Waals surface area contributed by atoms with Crippen LogP contribution in [0.2, 0.25) is 0 Å². The van der Waals surface area contributed by atoms with Gasteiger partial charge in [-0.15, -0.1) is 0 Å². The fourth-order valence-electron chi connectivity index (χ4n) is 4.29. The number of amides is 2. The summed E-state index contributed by atoms with van der Waals surface area (Å²) >= 11 is 0. The van der Waals surface area contributed by atoms with Crippen molar-refractivity contribution >= 4 is 23.4 Å². The highest BCUT2D eigenvalue weighted by Crippen LogP contribution is 2.59. The van der Waals surface area contributed by atoms with Gasteiger partial charge < -0.3 is 15.0 Å². The molecule has 0 aromatic heterocycles. The van der Waals surface area contributed by atoms with E-state index < -0.39 is 12.2 Å². The Morgan fingerprint density at radius 1 is 1.43 bits per heavy atom. The van der Waals surface area contributed by atoms with E-state index >= 15 is 0 Å². The van der Waals surface area contributed by atoms with Gasteiger partial charge in [-0.25, -0.2) is 9.18 Å². The van der Waals surface area contributed by atoms with Crippen molar-refractivity contribution in [2.24, 2.45) is 11.3 Å². The average Bonchev–Trinajstić information content (AvgIpc) is 3.22. The summed E-state index contributed by atoms with van der Waals surface area (Å²) in [6.45, 7) is 3.36. The number of anilines is 2. The molecule has 0 bridgehead atoms. The van der Waals surface area contributed by atoms with Crippen LogP contribution in [0.25, 0.3) is 0 Å². The SMILES string of the molecule is CC(=O)NC[C@H]1CN(c2ccc(N3CCC4(CC3)C[C@@H]4C#N)c(F)c2)C(=O)O1. The molecule has 8 heteroatoms. The zero-order valence-electron chi connectivity index (χ0n) is 15.8. The molecule has 1 aromatic carbocycles. The Balaban J connectivity index is 1.40. The standard InChI is InChI=1S/C20H23FN4O3/c1-13(26)23-11-16-12-25(19(27)28-16)15-2-3-18(17(21)8-15)24-6-4-20(5-7-24)9-14(20)10-22/h2-3,8,14,16H,4-7,9,11-12H2,1H3,(H,23,26)/t14-,16+/m1/s1. The molecule has 148 valence electrons. The van der Waals surface area contributed by atoms with Crippen LogP contribution in [0.1, 0.15) is 26.2 Å². The molecule has 3 fully saturated rings. The van der Waals surface area contributed by atoms with Gasteiger partial charge >= 0.3 is 6.09 Å². The van der Waals surface area contributed by atoms with E-state index in [1.165, 1.54) is 17.9 Å². The Hall–Kier alpha value is -2.82. The fraction of sp³-hybridized carbons (Fsp3) is 0.550. The van der Waals surface area contributed by atoms with Crippen molar-refractivity contribution < 1.29 is 18.7 Å². The fourth-order valence-corrected chi connectivity index (χ4v) is 4.29. The van der Waals surface area contributed by atoms with E-state index in [1.54, 1.807) is 12.1 Å². The van der Waals surface area contributed by atoms with Crippen LogP contribution in [0, 0.1) is 28.5 Å². The third-order valence-electron chi connectivity index (χ3n) is 6.14. The predicted octanol–water partition coefficient (Wildman–Crippen LogP) is 2.42. The van der Waals surface area contributed by atoms with Gasteiger partial charge in [0, 0.05) is 20.0 Å². The molecule has 28 heavy (non-hydrogen) atoms. The van der Waals surface area contributed by atoms with Gasteiger partial charge in [-0.05, 0) is 42.9 Å². The quantitative estimate of drug-likeness (QED) is 0.859. The molecular weight excluding hydrogens is 363 g/mol. The Morgan fingerprint density at radius 2 is 2.18 bits per heavy atom. The highest BCUT2D eigenvalue weighted by atomic mass is 19.1. The number of rotatable bonds is 4. The number of nitrogens with zero attached hydrogens (tertiary/aromatic N) is 3. The summed E-state index contributed by atoms with van der Waals surface area (Å²) < 4.78 is 20.0. The molecule has 7 nitrogen and oxygen atoms in total. The van der Waals surface area contributed by atoms with Crippen LogP contribution in [0.5, 0.6) is 0 Å². The summed E-state index contributed by atoms with van der Waals surface area (Å²) in [4.78, 5) is 26.5. The number of benzene rings is 1. The van der Waals surface area contributed by atoms with E-state index in [4.69, 9.17) is 10.00 Å². The van der Waals surface area contributed by atoms with Gasteiger partial charge in [0.05, 0.1) is 36.5 Å². The number of carbonyl (C=O) groups is 2. The van der Waals surface area contributed by atoms with Crippen LogP contribution >= 0.6 is 0 Å². The van der Waals surface area contributed by atoms with Crippen LogP contribution in [0.4, 0.5) is 20.6 Å². The van der Waals surface area contributed by atoms with E-state index in [-0.39, 0.29) is 36.1 Å². The first kappa shape index (κ1) is 18.5. The lowest BCUT2D eigenvalue weighted by atomic mass is 9.91. The lowest BCUT2D eigenvalue weighted by molar-refractivity contribution is -0.119. The molecule has 1 aromatic rings. The second kappa shape index (κ2) is 6.97. The van der Waals surface area contributed by atoms with E-state index in [9.17, 15) is 14.0 Å². The Kier molecular flexibility index (Phi) is 4.61. The van der Waals surface area contributed by atoms with Crippen molar-refractivity contribution in [1.82, 2.24) is 5.32 Å². The van der Waals surface area contributed by atoms with Crippen molar-refractivity contribution in [3.8, 4) is 6.07 Å². The minimum atomic E-state index is -0.543. The van der Waals surface area contributed by atoms with Crippen molar-refractivity contribution in [2.75, 3.05) is 36.0 Å². The van der Waals surface area contributed by atoms with Crippen molar-refractivity contribution in [2.45, 2.75) is 32.3 Å². The first-order chi connectivity index (χ1) is 13.4. The van der Waals surface area contributed by atoms with E-state index in [0.717, 1.165) is 32.4 Å². The average molecular weight is 386 g/mol. The number of cyclic esters (lactones) is 1. The molecular formula is C20H23FN4O3. The lowest BCUT2D eigenvalue weighted by Crippen LogP contribution is -2.35. The largest absolute Gasteiger partial charge is 0.442 e. The summed E-state index contributed by atoms with van der Waals surface area (Å²) in [5.41, 5.74) is 1.12. The Labute approximate surface area is 163 Å². The van der Waals surface area contributed by atoms with Crippen LogP contribution in [-0.2, 0) is 9.53 Å². The number of carbonyl (C=O) groups excluding carboxylic acids is 2. The van der Waals surface area contributed by atoms with Crippen LogP contribution in [-0.4, -0.2) is 44.3 Å². The van der Waals surface area contributed by atoms with Gasteiger partial charge in [0.2, 0.25) is 5.91 Å². The molecule has 0 radical (unpaired) electrons. The number of nitriles is 1. The highest BCUT2D eigenvalue weighted by molar-refractivity contribution is 5.90.